The van der Waals surface area contributed by atoms with Gasteiger partial charge in [0.2, 0.25) is 0 Å². The van der Waals surface area contributed by atoms with Crippen LogP contribution in [-0.2, 0) is 6.54 Å². The van der Waals surface area contributed by atoms with Gasteiger partial charge >= 0.3 is 5.95 Å². The molecule has 106 valence electrons. The summed E-state index contributed by atoms with van der Waals surface area (Å²) in [6.45, 7) is 1.90. The van der Waals surface area contributed by atoms with E-state index in [1.807, 2.05) is 4.90 Å². The van der Waals surface area contributed by atoms with E-state index in [1.165, 1.54) is 17.0 Å². The van der Waals surface area contributed by atoms with E-state index in [0.717, 1.165) is 19.4 Å². The number of β-amino-alcohol motifs (C(OH)–C–C–N with tert-alkyl or cyclic N) is 2. The first-order chi connectivity index (χ1) is 9.06. The second kappa shape index (κ2) is 6.09. The van der Waals surface area contributed by atoms with E-state index in [1.54, 1.807) is 0 Å². The second-order valence-electron chi connectivity index (χ2n) is 4.85. The fourth-order valence-electron chi connectivity index (χ4n) is 2.40. The third kappa shape index (κ3) is 3.72. The highest BCUT2D eigenvalue weighted by atomic mass is 16.6. The molecule has 1 fully saturated rings. The summed E-state index contributed by atoms with van der Waals surface area (Å²) in [5, 5.41) is 30.2. The van der Waals surface area contributed by atoms with Crippen molar-refractivity contribution in [1.29, 1.82) is 0 Å². The average molecular weight is 270 g/mol. The Bertz CT molecular complexity index is 436. The Hall–Kier alpha value is -1.51. The molecule has 0 bridgehead atoms. The summed E-state index contributed by atoms with van der Waals surface area (Å²) in [4.78, 5) is 15.7. The summed E-state index contributed by atoms with van der Waals surface area (Å²) in [6, 6.07) is 0. The van der Waals surface area contributed by atoms with Crippen LogP contribution in [0.25, 0.3) is 0 Å². The highest BCUT2D eigenvalue weighted by Crippen LogP contribution is 2.12. The SMILES string of the molecule is O=[N+]([O-])c1nccn1CC(O)CN1CCCC(O)C1. The molecule has 19 heavy (non-hydrogen) atoms. The lowest BCUT2D eigenvalue weighted by Gasteiger charge is -2.31. The minimum absolute atomic E-state index is 0.128. The number of hydrogen-bond donors (Lipinski definition) is 2. The number of hydrogen-bond acceptors (Lipinski definition) is 6. The highest BCUT2D eigenvalue weighted by molar-refractivity contribution is 5.06. The molecule has 8 heteroatoms. The molecule has 1 saturated heterocycles. The zero-order valence-electron chi connectivity index (χ0n) is 10.6. The summed E-state index contributed by atoms with van der Waals surface area (Å²) in [6.07, 6.45) is 3.45. The molecule has 1 aliphatic rings. The molecule has 2 unspecified atom stereocenters. The number of aliphatic hydroxyl groups excluding tert-OH is 2. The van der Waals surface area contributed by atoms with E-state index in [-0.39, 0.29) is 18.6 Å². The van der Waals surface area contributed by atoms with Crippen molar-refractivity contribution in [3.05, 3.63) is 22.5 Å². The van der Waals surface area contributed by atoms with E-state index in [4.69, 9.17) is 0 Å². The van der Waals surface area contributed by atoms with Crippen molar-refractivity contribution in [3.8, 4) is 0 Å². The van der Waals surface area contributed by atoms with Gasteiger partial charge in [0, 0.05) is 13.1 Å². The van der Waals surface area contributed by atoms with Gasteiger partial charge in [-0.05, 0) is 24.3 Å². The van der Waals surface area contributed by atoms with E-state index in [0.29, 0.717) is 13.1 Å². The van der Waals surface area contributed by atoms with Gasteiger partial charge in [-0.15, -0.1) is 0 Å². The van der Waals surface area contributed by atoms with Gasteiger partial charge in [-0.3, -0.25) is 4.90 Å². The quantitative estimate of drug-likeness (QED) is 0.557. The highest BCUT2D eigenvalue weighted by Gasteiger charge is 2.22. The topological polar surface area (TPSA) is 105 Å². The standard InChI is InChI=1S/C11H18N4O4/c16-9-2-1-4-13(6-9)7-10(17)8-14-5-3-12-11(14)15(18)19/h3,5,9-10,16-17H,1-2,4,6-8H2. The third-order valence-electron chi connectivity index (χ3n) is 3.21. The van der Waals surface area contributed by atoms with Crippen LogP contribution in [0.3, 0.4) is 0 Å². The normalized spacial score (nSPS) is 22.3. The van der Waals surface area contributed by atoms with Crippen molar-refractivity contribution in [2.24, 2.45) is 0 Å². The van der Waals surface area contributed by atoms with Crippen LogP contribution in [0.1, 0.15) is 12.8 Å². The van der Waals surface area contributed by atoms with Gasteiger partial charge in [-0.25, -0.2) is 4.57 Å². The third-order valence-corrected chi connectivity index (χ3v) is 3.21. The Kier molecular flexibility index (Phi) is 4.46. The molecular weight excluding hydrogens is 252 g/mol. The Morgan fingerprint density at radius 1 is 1.58 bits per heavy atom. The van der Waals surface area contributed by atoms with Crippen LogP contribution in [0.5, 0.6) is 0 Å². The fraction of sp³-hybridized carbons (Fsp3) is 0.727. The smallest absolute Gasteiger partial charge is 0.392 e. The summed E-state index contributed by atoms with van der Waals surface area (Å²) in [5.41, 5.74) is 0. The van der Waals surface area contributed by atoms with Gasteiger partial charge in [-0.1, -0.05) is 4.98 Å². The molecule has 0 aromatic carbocycles. The molecule has 0 aliphatic carbocycles. The number of nitrogens with zero attached hydrogens (tertiary/aromatic N) is 4. The van der Waals surface area contributed by atoms with Crippen molar-refractivity contribution in [2.75, 3.05) is 19.6 Å². The van der Waals surface area contributed by atoms with Crippen molar-refractivity contribution in [3.63, 3.8) is 0 Å². The number of rotatable bonds is 5. The molecule has 2 atom stereocenters. The first-order valence-corrected chi connectivity index (χ1v) is 6.30. The largest absolute Gasteiger partial charge is 0.434 e. The number of nitro groups is 1. The van der Waals surface area contributed by atoms with Crippen LogP contribution >= 0.6 is 0 Å². The lowest BCUT2D eigenvalue weighted by molar-refractivity contribution is -0.397. The Morgan fingerprint density at radius 2 is 2.37 bits per heavy atom. The summed E-state index contributed by atoms with van der Waals surface area (Å²) in [7, 11) is 0. The van der Waals surface area contributed by atoms with Crippen LogP contribution in [-0.4, -0.2) is 61.4 Å². The molecule has 2 N–H and O–H groups in total. The first-order valence-electron chi connectivity index (χ1n) is 6.30. The molecular formula is C11H18N4O4. The monoisotopic (exact) mass is 270 g/mol. The molecule has 1 aromatic rings. The molecule has 0 radical (unpaired) electrons. The van der Waals surface area contributed by atoms with Crippen LogP contribution < -0.4 is 0 Å². The molecule has 8 nitrogen and oxygen atoms in total. The number of piperidine rings is 1. The molecule has 0 spiro atoms. The van der Waals surface area contributed by atoms with Crippen LogP contribution in [0, 0.1) is 10.1 Å². The van der Waals surface area contributed by atoms with Gasteiger partial charge in [-0.2, -0.15) is 0 Å². The maximum Gasteiger partial charge on any atom is 0.434 e. The lowest BCUT2D eigenvalue weighted by Crippen LogP contribution is -2.43. The summed E-state index contributed by atoms with van der Waals surface area (Å²) in [5.74, 6) is -0.266. The number of imidazole rings is 1. The average Bonchev–Trinajstić information content (AvgIpc) is 2.76. The molecule has 1 aliphatic heterocycles. The van der Waals surface area contributed by atoms with E-state index < -0.39 is 11.0 Å². The predicted octanol–water partition coefficient (Wildman–Crippen LogP) is -0.391. The van der Waals surface area contributed by atoms with E-state index >= 15 is 0 Å². The maximum absolute atomic E-state index is 10.7. The van der Waals surface area contributed by atoms with E-state index in [9.17, 15) is 20.3 Å². The Morgan fingerprint density at radius 3 is 3.05 bits per heavy atom. The number of aliphatic hydroxyl groups is 2. The first kappa shape index (κ1) is 13.9. The fourth-order valence-corrected chi connectivity index (χ4v) is 2.40. The lowest BCUT2D eigenvalue weighted by atomic mass is 10.1. The summed E-state index contributed by atoms with van der Waals surface area (Å²) < 4.78 is 1.32. The van der Waals surface area contributed by atoms with E-state index in [2.05, 4.69) is 4.98 Å². The maximum atomic E-state index is 10.7. The van der Waals surface area contributed by atoms with Crippen LogP contribution in [0.4, 0.5) is 5.95 Å². The van der Waals surface area contributed by atoms with Gasteiger partial charge in [0.1, 0.15) is 12.4 Å². The zero-order chi connectivity index (χ0) is 13.8. The molecule has 0 saturated carbocycles. The van der Waals surface area contributed by atoms with Gasteiger partial charge < -0.3 is 20.3 Å². The summed E-state index contributed by atoms with van der Waals surface area (Å²) >= 11 is 0. The van der Waals surface area contributed by atoms with Crippen LogP contribution in [0.15, 0.2) is 12.4 Å². The Balaban J connectivity index is 1.88. The van der Waals surface area contributed by atoms with Crippen LogP contribution in [0.2, 0.25) is 0 Å². The second-order valence-corrected chi connectivity index (χ2v) is 4.85. The molecule has 0 amide bonds. The van der Waals surface area contributed by atoms with Gasteiger partial charge in [0.15, 0.2) is 0 Å². The van der Waals surface area contributed by atoms with Crippen molar-refractivity contribution in [2.45, 2.75) is 31.6 Å². The zero-order valence-corrected chi connectivity index (χ0v) is 10.6. The van der Waals surface area contributed by atoms with Gasteiger partial charge in [0.05, 0.1) is 18.8 Å². The Labute approximate surface area is 110 Å². The molecule has 2 heterocycles. The minimum Gasteiger partial charge on any atom is -0.392 e. The number of aromatic nitrogens is 2. The van der Waals surface area contributed by atoms with Crippen molar-refractivity contribution in [1.82, 2.24) is 14.5 Å². The number of likely N-dealkylation sites (tertiary alicyclic amines) is 1. The molecule has 1 aromatic heterocycles. The van der Waals surface area contributed by atoms with Gasteiger partial charge in [0.25, 0.3) is 0 Å². The predicted molar refractivity (Wildman–Crippen MR) is 66.6 cm³/mol. The van der Waals surface area contributed by atoms with Crippen molar-refractivity contribution >= 4 is 5.95 Å². The van der Waals surface area contributed by atoms with Crippen molar-refractivity contribution < 1.29 is 15.1 Å². The minimum atomic E-state index is -0.724. The molecule has 2 rings (SSSR count).